The highest BCUT2D eigenvalue weighted by molar-refractivity contribution is 5.94. The van der Waals surface area contributed by atoms with E-state index in [0.717, 1.165) is 35.8 Å². The fraction of sp³-hybridized carbons (Fsp3) is 0.267. The van der Waals surface area contributed by atoms with Crippen LogP contribution in [-0.2, 0) is 11.8 Å². The van der Waals surface area contributed by atoms with Crippen LogP contribution >= 0.6 is 0 Å². The van der Waals surface area contributed by atoms with Gasteiger partial charge in [-0.1, -0.05) is 30.3 Å². The van der Waals surface area contributed by atoms with Crippen molar-refractivity contribution in [1.82, 2.24) is 5.43 Å². The molecule has 186 valence electrons. The number of ether oxygens (including phenoxy) is 2. The van der Waals surface area contributed by atoms with Gasteiger partial charge in [-0.3, -0.25) is 4.79 Å². The van der Waals surface area contributed by atoms with E-state index in [-0.39, 0.29) is 11.3 Å². The fourth-order valence-corrected chi connectivity index (χ4v) is 4.82. The van der Waals surface area contributed by atoms with Crippen LogP contribution in [0.25, 0.3) is 0 Å². The summed E-state index contributed by atoms with van der Waals surface area (Å²) in [5.41, 5.74) is 7.53. The normalized spacial score (nSPS) is 17.9. The molecule has 1 aliphatic heterocycles. The third-order valence-electron chi connectivity index (χ3n) is 6.56. The maximum absolute atomic E-state index is 12.4. The topological polar surface area (TPSA) is 63.2 Å². The Bertz CT molecular complexity index is 1250. The Morgan fingerprint density at radius 3 is 2.42 bits per heavy atom. The third-order valence-corrected chi connectivity index (χ3v) is 6.56. The van der Waals surface area contributed by atoms with Crippen molar-refractivity contribution in [2.75, 3.05) is 25.2 Å². The molecule has 0 saturated heterocycles. The third kappa shape index (κ3) is 5.13. The van der Waals surface area contributed by atoms with E-state index in [4.69, 9.17) is 9.47 Å². The minimum Gasteiger partial charge on any atom is -0.497 e. The summed E-state index contributed by atoms with van der Waals surface area (Å²) in [6, 6.07) is 23.6. The molecule has 3 aromatic rings. The number of carbonyl (C=O) groups is 1. The van der Waals surface area contributed by atoms with Gasteiger partial charge in [0.2, 0.25) is 0 Å². The van der Waals surface area contributed by atoms with E-state index >= 15 is 0 Å². The van der Waals surface area contributed by atoms with Gasteiger partial charge in [0.05, 0.1) is 13.7 Å². The number of allylic oxidation sites excluding steroid dienone is 2. The Morgan fingerprint density at radius 2 is 1.75 bits per heavy atom. The number of fused-ring (bicyclic) bond motifs is 1. The van der Waals surface area contributed by atoms with Gasteiger partial charge >= 0.3 is 0 Å². The monoisotopic (exact) mass is 483 g/mol. The lowest BCUT2D eigenvalue weighted by molar-refractivity contribution is 0.0955. The standard InChI is InChI=1S/C30H33N3O3/c1-5-33-27-17-16-25(35-4)20-26(27)30(3,21-22-12-14-24(15-13-22)36-6-2)28(33)18-19-31-32-29(34)23-10-8-7-9-11-23/h7-20H,5-6,21H2,1-4H3,(H,32,34)/b28-18-,31-19+. The van der Waals surface area contributed by atoms with Crippen molar-refractivity contribution in [1.29, 1.82) is 0 Å². The molecular formula is C30H33N3O3. The molecule has 0 fully saturated rings. The average molecular weight is 484 g/mol. The molecule has 1 unspecified atom stereocenters. The molecule has 0 aromatic heterocycles. The Labute approximate surface area is 213 Å². The quantitative estimate of drug-likeness (QED) is 0.312. The molecular weight excluding hydrogens is 450 g/mol. The Hall–Kier alpha value is -4.06. The zero-order valence-electron chi connectivity index (χ0n) is 21.3. The maximum atomic E-state index is 12.4. The van der Waals surface area contributed by atoms with Crippen LogP contribution in [0.15, 0.2) is 89.7 Å². The molecule has 1 N–H and O–H groups in total. The first-order valence-corrected chi connectivity index (χ1v) is 12.3. The van der Waals surface area contributed by atoms with Crippen LogP contribution in [0.2, 0.25) is 0 Å². The lowest BCUT2D eigenvalue weighted by atomic mass is 9.76. The second kappa shape index (κ2) is 11.1. The first kappa shape index (κ1) is 25.0. The van der Waals surface area contributed by atoms with Gasteiger partial charge in [-0.05, 0) is 86.9 Å². The molecule has 6 heteroatoms. The van der Waals surface area contributed by atoms with Crippen molar-refractivity contribution in [2.24, 2.45) is 5.10 Å². The summed E-state index contributed by atoms with van der Waals surface area (Å²) in [7, 11) is 1.69. The van der Waals surface area contributed by atoms with Crippen LogP contribution in [0.5, 0.6) is 11.5 Å². The number of nitrogens with one attached hydrogen (secondary N) is 1. The molecule has 0 bridgehead atoms. The first-order chi connectivity index (χ1) is 17.5. The molecule has 0 saturated carbocycles. The molecule has 1 atom stereocenters. The highest BCUT2D eigenvalue weighted by Gasteiger charge is 2.43. The molecule has 4 rings (SSSR count). The van der Waals surface area contributed by atoms with Crippen LogP contribution in [0.1, 0.15) is 42.3 Å². The largest absolute Gasteiger partial charge is 0.497 e. The van der Waals surface area contributed by atoms with Crippen LogP contribution < -0.4 is 19.8 Å². The van der Waals surface area contributed by atoms with E-state index in [1.165, 1.54) is 11.1 Å². The van der Waals surface area contributed by atoms with E-state index in [1.54, 1.807) is 25.5 Å². The van der Waals surface area contributed by atoms with E-state index in [9.17, 15) is 4.79 Å². The molecule has 36 heavy (non-hydrogen) atoms. The molecule has 3 aromatic carbocycles. The lowest BCUT2D eigenvalue weighted by Crippen LogP contribution is -2.31. The summed E-state index contributed by atoms with van der Waals surface area (Å²) in [6.07, 6.45) is 4.44. The number of rotatable bonds is 9. The van der Waals surface area contributed by atoms with Crippen molar-refractivity contribution < 1.29 is 14.3 Å². The lowest BCUT2D eigenvalue weighted by Gasteiger charge is -2.30. The summed E-state index contributed by atoms with van der Waals surface area (Å²) in [6.45, 7) is 7.81. The van der Waals surface area contributed by atoms with Gasteiger partial charge in [-0.15, -0.1) is 0 Å². The number of nitrogens with zero attached hydrogens (tertiary/aromatic N) is 2. The smallest absolute Gasteiger partial charge is 0.271 e. The zero-order valence-corrected chi connectivity index (χ0v) is 21.3. The van der Waals surface area contributed by atoms with E-state index in [1.807, 2.05) is 49.4 Å². The van der Waals surface area contributed by atoms with Crippen molar-refractivity contribution in [2.45, 2.75) is 32.6 Å². The molecule has 0 spiro atoms. The summed E-state index contributed by atoms with van der Waals surface area (Å²) in [5.74, 6) is 1.45. The van der Waals surface area contributed by atoms with Gasteiger partial charge in [0.1, 0.15) is 11.5 Å². The number of hydrazone groups is 1. The van der Waals surface area contributed by atoms with Crippen LogP contribution in [0.4, 0.5) is 5.69 Å². The number of methoxy groups -OCH3 is 1. The molecule has 0 aliphatic carbocycles. The minimum atomic E-state index is -0.331. The Kier molecular flexibility index (Phi) is 7.74. The number of likely N-dealkylation sites (N-methyl/N-ethyl adjacent to an activating group) is 1. The number of carbonyl (C=O) groups excluding carboxylic acids is 1. The van der Waals surface area contributed by atoms with Gasteiger partial charge in [0.25, 0.3) is 5.91 Å². The molecule has 1 amide bonds. The zero-order chi connectivity index (χ0) is 25.5. The van der Waals surface area contributed by atoms with E-state index in [0.29, 0.717) is 12.2 Å². The fourth-order valence-electron chi connectivity index (χ4n) is 4.82. The van der Waals surface area contributed by atoms with Crippen molar-refractivity contribution in [3.63, 3.8) is 0 Å². The predicted molar refractivity (Wildman–Crippen MR) is 145 cm³/mol. The van der Waals surface area contributed by atoms with Gasteiger partial charge < -0.3 is 14.4 Å². The van der Waals surface area contributed by atoms with Gasteiger partial charge in [-0.25, -0.2) is 5.43 Å². The van der Waals surface area contributed by atoms with E-state index in [2.05, 4.69) is 53.5 Å². The van der Waals surface area contributed by atoms with Gasteiger partial charge in [0, 0.05) is 35.1 Å². The summed E-state index contributed by atoms with van der Waals surface area (Å²) in [5, 5.41) is 4.21. The number of benzene rings is 3. The minimum absolute atomic E-state index is 0.241. The number of hydrogen-bond donors (Lipinski definition) is 1. The first-order valence-electron chi connectivity index (χ1n) is 12.3. The van der Waals surface area contributed by atoms with E-state index < -0.39 is 0 Å². The van der Waals surface area contributed by atoms with Crippen molar-refractivity contribution in [3.05, 3.63) is 101 Å². The van der Waals surface area contributed by atoms with Gasteiger partial charge in [-0.2, -0.15) is 5.10 Å². The number of amides is 1. The predicted octanol–water partition coefficient (Wildman–Crippen LogP) is 5.73. The summed E-state index contributed by atoms with van der Waals surface area (Å²) in [4.78, 5) is 14.7. The summed E-state index contributed by atoms with van der Waals surface area (Å²) >= 11 is 0. The number of anilines is 1. The Morgan fingerprint density at radius 1 is 1.03 bits per heavy atom. The average Bonchev–Trinajstić information content (AvgIpc) is 3.14. The second-order valence-electron chi connectivity index (χ2n) is 8.85. The van der Waals surface area contributed by atoms with Crippen LogP contribution in [-0.4, -0.2) is 32.4 Å². The molecule has 6 nitrogen and oxygen atoms in total. The number of hydrogen-bond acceptors (Lipinski definition) is 5. The molecule has 1 heterocycles. The molecule has 0 radical (unpaired) electrons. The van der Waals surface area contributed by atoms with Gasteiger partial charge in [0.15, 0.2) is 0 Å². The highest BCUT2D eigenvalue weighted by Crippen LogP contribution is 2.50. The highest BCUT2D eigenvalue weighted by atomic mass is 16.5. The summed E-state index contributed by atoms with van der Waals surface area (Å²) < 4.78 is 11.2. The second-order valence-corrected chi connectivity index (χ2v) is 8.85. The SMILES string of the molecule is CCOc1ccc(CC2(C)/C(=C/C=N/NC(=O)c3ccccc3)N(CC)c3ccc(OC)cc32)cc1. The van der Waals surface area contributed by atoms with Crippen LogP contribution in [0.3, 0.4) is 0 Å². The molecule has 1 aliphatic rings. The Balaban J connectivity index is 1.67. The van der Waals surface area contributed by atoms with Crippen molar-refractivity contribution >= 4 is 17.8 Å². The van der Waals surface area contributed by atoms with Crippen LogP contribution in [0, 0.1) is 0 Å². The van der Waals surface area contributed by atoms with Crippen molar-refractivity contribution in [3.8, 4) is 11.5 Å². The maximum Gasteiger partial charge on any atom is 0.271 e.